The van der Waals surface area contributed by atoms with Crippen LogP contribution in [0.2, 0.25) is 0 Å². The van der Waals surface area contributed by atoms with E-state index in [0.717, 1.165) is 27.2 Å². The maximum atomic E-state index is 13.5. The second-order valence-electron chi connectivity index (χ2n) is 11.6. The summed E-state index contributed by atoms with van der Waals surface area (Å²) in [6.07, 6.45) is -0.835. The van der Waals surface area contributed by atoms with E-state index >= 15 is 0 Å². The highest BCUT2D eigenvalue weighted by atomic mass is 16.6. The lowest BCUT2D eigenvalue weighted by atomic mass is 9.94. The molecule has 0 bridgehead atoms. The van der Waals surface area contributed by atoms with Gasteiger partial charge in [-0.25, -0.2) is 14.4 Å². The molecule has 2 aromatic rings. The van der Waals surface area contributed by atoms with Crippen LogP contribution in [0.5, 0.6) is 0 Å². The number of nitrogens with zero attached hydrogens (tertiary/aromatic N) is 1. The summed E-state index contributed by atoms with van der Waals surface area (Å²) >= 11 is 0. The Morgan fingerprint density at radius 3 is 2.19 bits per heavy atom. The summed E-state index contributed by atoms with van der Waals surface area (Å²) < 4.78 is 21.6. The van der Waals surface area contributed by atoms with Crippen molar-refractivity contribution < 1.29 is 43.2 Å². The average molecular weight is 598 g/mol. The second kappa shape index (κ2) is 13.5. The van der Waals surface area contributed by atoms with Gasteiger partial charge in [0, 0.05) is 31.5 Å². The minimum Gasteiger partial charge on any atom is -0.479 e. The van der Waals surface area contributed by atoms with Gasteiger partial charge in [0.15, 0.2) is 0 Å². The van der Waals surface area contributed by atoms with Gasteiger partial charge in [0.1, 0.15) is 18.8 Å². The fourth-order valence-corrected chi connectivity index (χ4v) is 5.46. The van der Waals surface area contributed by atoms with Crippen LogP contribution < -0.4 is 11.1 Å². The number of carbonyl (C=O) groups excluding carboxylic acids is 3. The van der Waals surface area contributed by atoms with Crippen molar-refractivity contribution in [1.29, 1.82) is 0 Å². The van der Waals surface area contributed by atoms with Gasteiger partial charge in [0.25, 0.3) is 0 Å². The Labute approximate surface area is 250 Å². The number of carbonyl (C=O) groups is 4. The number of ether oxygens (including phenoxy) is 4. The van der Waals surface area contributed by atoms with Crippen LogP contribution in [0.4, 0.5) is 4.79 Å². The standard InChI is InChI=1S/C31H39N3O9/c1-30(2,3)43-29(39)33-12-13-40-14-15-41-19-26(35)34-17-20(32)16-31(34,27(36)37)28(38)42-18-25-23-10-6-4-8-21(23)22-9-5-7-11-24(22)25/h4-11,20,25H,12-19,32H2,1-3H3,(H,33,39)(H,36,37)/t20-,31-/m0/s1. The summed E-state index contributed by atoms with van der Waals surface area (Å²) in [5, 5.41) is 12.8. The first-order valence-corrected chi connectivity index (χ1v) is 14.2. The molecule has 1 heterocycles. The molecule has 0 aromatic heterocycles. The number of carboxylic acid groups (broad SMARTS) is 1. The van der Waals surface area contributed by atoms with Crippen LogP contribution in [-0.4, -0.2) is 97.3 Å². The molecular weight excluding hydrogens is 558 g/mol. The lowest BCUT2D eigenvalue weighted by Crippen LogP contribution is -2.60. The number of esters is 1. The minimum atomic E-state index is -2.26. The number of hydrogen-bond acceptors (Lipinski definition) is 9. The summed E-state index contributed by atoms with van der Waals surface area (Å²) in [6.45, 7) is 5.16. The van der Waals surface area contributed by atoms with Gasteiger partial charge in [0.05, 0.1) is 19.8 Å². The van der Waals surface area contributed by atoms with E-state index in [4.69, 9.17) is 24.7 Å². The minimum absolute atomic E-state index is 0.0308. The van der Waals surface area contributed by atoms with E-state index in [1.807, 2.05) is 48.5 Å². The number of nitrogens with two attached hydrogens (primary N) is 1. The van der Waals surface area contributed by atoms with Crippen LogP contribution in [0.1, 0.15) is 44.2 Å². The largest absolute Gasteiger partial charge is 0.479 e. The zero-order valence-corrected chi connectivity index (χ0v) is 24.7. The van der Waals surface area contributed by atoms with Crippen LogP contribution in [-0.2, 0) is 33.3 Å². The van der Waals surface area contributed by atoms with E-state index in [-0.39, 0.29) is 51.9 Å². The molecule has 0 spiro atoms. The average Bonchev–Trinajstić information content (AvgIpc) is 3.48. The molecule has 0 radical (unpaired) electrons. The Morgan fingerprint density at radius 1 is 0.977 bits per heavy atom. The fraction of sp³-hybridized carbons (Fsp3) is 0.484. The van der Waals surface area contributed by atoms with Crippen LogP contribution in [0.25, 0.3) is 11.1 Å². The molecule has 2 amide bonds. The molecular formula is C31H39N3O9. The zero-order chi connectivity index (χ0) is 31.2. The maximum absolute atomic E-state index is 13.5. The number of hydrogen-bond donors (Lipinski definition) is 3. The van der Waals surface area contributed by atoms with Gasteiger partial charge in [-0.1, -0.05) is 48.5 Å². The first-order valence-electron chi connectivity index (χ1n) is 14.2. The van der Waals surface area contributed by atoms with E-state index in [0.29, 0.717) is 0 Å². The number of fused-ring (bicyclic) bond motifs is 3. The fourth-order valence-electron chi connectivity index (χ4n) is 5.46. The van der Waals surface area contributed by atoms with Crippen molar-refractivity contribution in [3.8, 4) is 11.1 Å². The highest BCUT2D eigenvalue weighted by Gasteiger charge is 2.60. The predicted molar refractivity (Wildman–Crippen MR) is 155 cm³/mol. The molecule has 1 saturated heterocycles. The monoisotopic (exact) mass is 597 g/mol. The third-order valence-corrected chi connectivity index (χ3v) is 7.28. The summed E-state index contributed by atoms with van der Waals surface area (Å²) in [5.41, 5.74) is 7.23. The molecule has 232 valence electrons. The quantitative estimate of drug-likeness (QED) is 0.188. The molecule has 1 aliphatic carbocycles. The predicted octanol–water partition coefficient (Wildman–Crippen LogP) is 2.28. The molecule has 0 saturated carbocycles. The molecule has 2 aliphatic rings. The van der Waals surface area contributed by atoms with Crippen molar-refractivity contribution in [3.63, 3.8) is 0 Å². The van der Waals surface area contributed by atoms with E-state index in [9.17, 15) is 24.3 Å². The number of benzene rings is 2. The van der Waals surface area contributed by atoms with Crippen LogP contribution in [0, 0.1) is 0 Å². The summed E-state index contributed by atoms with van der Waals surface area (Å²) in [4.78, 5) is 51.7. The number of aliphatic carboxylic acids is 1. The van der Waals surface area contributed by atoms with E-state index in [2.05, 4.69) is 5.32 Å². The normalized spacial score (nSPS) is 19.4. The third kappa shape index (κ3) is 7.32. The summed E-state index contributed by atoms with van der Waals surface area (Å²) in [7, 11) is 0. The Kier molecular flexibility index (Phi) is 10.0. The SMILES string of the molecule is CC(C)(C)OC(=O)NCCOCCOCC(=O)N1C[C@@H](N)C[C@]1(C(=O)O)C(=O)OCC1c2ccccc2-c2ccccc21. The van der Waals surface area contributed by atoms with Crippen LogP contribution >= 0.6 is 0 Å². The molecule has 1 aliphatic heterocycles. The highest BCUT2D eigenvalue weighted by molar-refractivity contribution is 6.08. The van der Waals surface area contributed by atoms with Crippen molar-refractivity contribution in [2.24, 2.45) is 5.73 Å². The summed E-state index contributed by atoms with van der Waals surface area (Å²) in [5.74, 6) is -3.52. The Bertz CT molecular complexity index is 1300. The zero-order valence-electron chi connectivity index (χ0n) is 24.7. The molecule has 0 unspecified atom stereocenters. The van der Waals surface area contributed by atoms with E-state index in [1.54, 1.807) is 20.8 Å². The molecule has 12 heteroatoms. The Hall–Kier alpha value is -4.00. The molecule has 4 rings (SSSR count). The number of carboxylic acids is 1. The maximum Gasteiger partial charge on any atom is 0.407 e. The Morgan fingerprint density at radius 2 is 1.58 bits per heavy atom. The van der Waals surface area contributed by atoms with Gasteiger partial charge >= 0.3 is 18.0 Å². The van der Waals surface area contributed by atoms with Gasteiger partial charge in [-0.05, 0) is 43.0 Å². The lowest BCUT2D eigenvalue weighted by Gasteiger charge is -2.32. The van der Waals surface area contributed by atoms with E-state index < -0.39 is 47.7 Å². The van der Waals surface area contributed by atoms with Crippen molar-refractivity contribution in [3.05, 3.63) is 59.7 Å². The van der Waals surface area contributed by atoms with E-state index in [1.165, 1.54) is 0 Å². The second-order valence-corrected chi connectivity index (χ2v) is 11.6. The van der Waals surface area contributed by atoms with Crippen molar-refractivity contribution in [2.45, 2.75) is 50.3 Å². The van der Waals surface area contributed by atoms with Crippen LogP contribution in [0.15, 0.2) is 48.5 Å². The van der Waals surface area contributed by atoms with Gasteiger partial charge < -0.3 is 40.0 Å². The Balaban J connectivity index is 1.30. The number of alkyl carbamates (subject to hydrolysis) is 1. The summed E-state index contributed by atoms with van der Waals surface area (Å²) in [6, 6.07) is 14.9. The van der Waals surface area contributed by atoms with Gasteiger partial charge in [0.2, 0.25) is 11.4 Å². The van der Waals surface area contributed by atoms with Crippen molar-refractivity contribution >= 4 is 23.9 Å². The van der Waals surface area contributed by atoms with Gasteiger partial charge in [-0.3, -0.25) is 4.79 Å². The topological polar surface area (TPSA) is 167 Å². The molecule has 4 N–H and O–H groups in total. The smallest absolute Gasteiger partial charge is 0.407 e. The molecule has 2 aromatic carbocycles. The van der Waals surface area contributed by atoms with Gasteiger partial charge in [-0.15, -0.1) is 0 Å². The number of likely N-dealkylation sites (tertiary alicyclic amines) is 1. The van der Waals surface area contributed by atoms with Crippen molar-refractivity contribution in [2.75, 3.05) is 46.1 Å². The highest BCUT2D eigenvalue weighted by Crippen LogP contribution is 2.45. The lowest BCUT2D eigenvalue weighted by molar-refractivity contribution is -0.175. The van der Waals surface area contributed by atoms with Crippen LogP contribution in [0.3, 0.4) is 0 Å². The van der Waals surface area contributed by atoms with Crippen molar-refractivity contribution in [1.82, 2.24) is 10.2 Å². The number of nitrogens with one attached hydrogen (secondary N) is 1. The first-order chi connectivity index (χ1) is 20.4. The molecule has 1 fully saturated rings. The molecule has 2 atom stereocenters. The number of rotatable bonds is 12. The number of amides is 2. The first kappa shape index (κ1) is 31.9. The van der Waals surface area contributed by atoms with Gasteiger partial charge in [-0.2, -0.15) is 0 Å². The third-order valence-electron chi connectivity index (χ3n) is 7.28. The molecule has 12 nitrogen and oxygen atoms in total. The molecule has 43 heavy (non-hydrogen) atoms.